The van der Waals surface area contributed by atoms with Crippen LogP contribution < -0.4 is 5.73 Å². The van der Waals surface area contributed by atoms with Crippen LogP contribution in [-0.4, -0.2) is 6.04 Å². The van der Waals surface area contributed by atoms with Gasteiger partial charge in [0.15, 0.2) is 0 Å². The summed E-state index contributed by atoms with van der Waals surface area (Å²) in [6.45, 7) is 6.73. The highest BCUT2D eigenvalue weighted by Crippen LogP contribution is 2.53. The van der Waals surface area contributed by atoms with Crippen LogP contribution in [0.2, 0.25) is 0 Å². The molecule has 1 aliphatic carbocycles. The number of rotatable bonds is 2. The molecule has 1 saturated carbocycles. The molecule has 1 heteroatoms. The van der Waals surface area contributed by atoms with E-state index in [4.69, 9.17) is 5.73 Å². The Balaban J connectivity index is 2.20. The van der Waals surface area contributed by atoms with Crippen LogP contribution in [0.3, 0.4) is 0 Å². The zero-order valence-electron chi connectivity index (χ0n) is 6.65. The molecule has 2 N–H and O–H groups in total. The molecular weight excluding hydrogens is 110 g/mol. The predicted molar refractivity (Wildman–Crippen MR) is 40.2 cm³/mol. The van der Waals surface area contributed by atoms with E-state index in [1.807, 2.05) is 0 Å². The quantitative estimate of drug-likeness (QED) is 0.601. The molecule has 0 bridgehead atoms. The molecule has 0 heterocycles. The van der Waals surface area contributed by atoms with E-state index in [-0.39, 0.29) is 0 Å². The maximum absolute atomic E-state index is 5.65. The fourth-order valence-corrected chi connectivity index (χ4v) is 1.43. The van der Waals surface area contributed by atoms with Crippen molar-refractivity contribution in [2.75, 3.05) is 0 Å². The Morgan fingerprint density at radius 2 is 2.11 bits per heavy atom. The smallest absolute Gasteiger partial charge is 0.00133 e. The second-order valence-electron chi connectivity index (χ2n) is 4.10. The molecule has 0 aliphatic heterocycles. The van der Waals surface area contributed by atoms with E-state index in [1.165, 1.54) is 12.8 Å². The lowest BCUT2D eigenvalue weighted by atomic mass is 10.1. The Labute approximate surface area is 57.6 Å². The zero-order chi connectivity index (χ0) is 7.07. The van der Waals surface area contributed by atoms with E-state index in [9.17, 15) is 0 Å². The van der Waals surface area contributed by atoms with Crippen molar-refractivity contribution in [2.45, 2.75) is 39.7 Å². The first-order valence-corrected chi connectivity index (χ1v) is 3.78. The molecule has 54 valence electrons. The van der Waals surface area contributed by atoms with Gasteiger partial charge in [-0.1, -0.05) is 13.8 Å². The van der Waals surface area contributed by atoms with Crippen LogP contribution in [0.1, 0.15) is 33.6 Å². The van der Waals surface area contributed by atoms with Crippen molar-refractivity contribution in [3.8, 4) is 0 Å². The molecule has 1 nitrogen and oxygen atoms in total. The Morgan fingerprint density at radius 1 is 1.67 bits per heavy atom. The van der Waals surface area contributed by atoms with Crippen LogP contribution in [-0.2, 0) is 0 Å². The molecule has 1 rings (SSSR count). The molecule has 0 aromatic rings. The van der Waals surface area contributed by atoms with Crippen LogP contribution in [0.25, 0.3) is 0 Å². The summed E-state index contributed by atoms with van der Waals surface area (Å²) in [7, 11) is 0. The van der Waals surface area contributed by atoms with Gasteiger partial charge < -0.3 is 5.73 Å². The van der Waals surface area contributed by atoms with E-state index in [2.05, 4.69) is 20.8 Å². The fraction of sp³-hybridized carbons (Fsp3) is 1.00. The summed E-state index contributed by atoms with van der Waals surface area (Å²) in [6.07, 6.45) is 2.60. The summed E-state index contributed by atoms with van der Waals surface area (Å²) in [5.74, 6) is 0.914. The maximum atomic E-state index is 5.65. The van der Waals surface area contributed by atoms with Crippen molar-refractivity contribution in [1.29, 1.82) is 0 Å². The minimum atomic E-state index is 0.400. The van der Waals surface area contributed by atoms with Crippen molar-refractivity contribution in [3.05, 3.63) is 0 Å². The second kappa shape index (κ2) is 1.98. The Hall–Kier alpha value is -0.0400. The summed E-state index contributed by atoms with van der Waals surface area (Å²) in [6, 6.07) is 0.400. The van der Waals surface area contributed by atoms with E-state index < -0.39 is 0 Å². The lowest BCUT2D eigenvalue weighted by Gasteiger charge is -2.05. The molecule has 0 spiro atoms. The molecule has 0 amide bonds. The molecule has 2 atom stereocenters. The average Bonchev–Trinajstić information content (AvgIpc) is 2.10. The van der Waals surface area contributed by atoms with Gasteiger partial charge in [0.1, 0.15) is 0 Å². The lowest BCUT2D eigenvalue weighted by Crippen LogP contribution is -2.16. The van der Waals surface area contributed by atoms with Crippen LogP contribution in [0.5, 0.6) is 0 Å². The van der Waals surface area contributed by atoms with Gasteiger partial charge in [-0.15, -0.1) is 0 Å². The third kappa shape index (κ3) is 1.68. The Kier molecular flexibility index (Phi) is 1.55. The highest BCUT2D eigenvalue weighted by molar-refractivity contribution is 4.95. The van der Waals surface area contributed by atoms with Gasteiger partial charge in [0.25, 0.3) is 0 Å². The first-order valence-electron chi connectivity index (χ1n) is 3.78. The Bertz CT molecular complexity index is 105. The normalized spacial score (nSPS) is 34.0. The van der Waals surface area contributed by atoms with Crippen molar-refractivity contribution in [3.63, 3.8) is 0 Å². The van der Waals surface area contributed by atoms with Crippen molar-refractivity contribution >= 4 is 0 Å². The molecular formula is C8H17N. The summed E-state index contributed by atoms with van der Waals surface area (Å²) < 4.78 is 0. The SMILES string of the molecule is C[C@@H](N)CC1CC1(C)C. The van der Waals surface area contributed by atoms with Gasteiger partial charge in [0.05, 0.1) is 0 Å². The van der Waals surface area contributed by atoms with Crippen molar-refractivity contribution < 1.29 is 0 Å². The molecule has 1 aliphatic rings. The largest absolute Gasteiger partial charge is 0.328 e. The Morgan fingerprint density at radius 3 is 2.22 bits per heavy atom. The molecule has 1 fully saturated rings. The summed E-state index contributed by atoms with van der Waals surface area (Å²) in [5, 5.41) is 0. The van der Waals surface area contributed by atoms with Crippen LogP contribution in [0.15, 0.2) is 0 Å². The van der Waals surface area contributed by atoms with Gasteiger partial charge in [-0.25, -0.2) is 0 Å². The van der Waals surface area contributed by atoms with Crippen molar-refractivity contribution in [1.82, 2.24) is 0 Å². The van der Waals surface area contributed by atoms with Gasteiger partial charge >= 0.3 is 0 Å². The molecule has 0 radical (unpaired) electrons. The average molecular weight is 127 g/mol. The highest BCUT2D eigenvalue weighted by Gasteiger charge is 2.45. The van der Waals surface area contributed by atoms with E-state index in [1.54, 1.807) is 0 Å². The summed E-state index contributed by atoms with van der Waals surface area (Å²) in [4.78, 5) is 0. The third-order valence-corrected chi connectivity index (χ3v) is 2.37. The van der Waals surface area contributed by atoms with E-state index in [0.717, 1.165) is 5.92 Å². The minimum Gasteiger partial charge on any atom is -0.328 e. The number of hydrogen-bond donors (Lipinski definition) is 1. The lowest BCUT2D eigenvalue weighted by molar-refractivity contribution is 0.497. The maximum Gasteiger partial charge on any atom is 0.00133 e. The van der Waals surface area contributed by atoms with E-state index in [0.29, 0.717) is 11.5 Å². The van der Waals surface area contributed by atoms with Crippen LogP contribution >= 0.6 is 0 Å². The van der Waals surface area contributed by atoms with Crippen molar-refractivity contribution in [2.24, 2.45) is 17.1 Å². The molecule has 9 heavy (non-hydrogen) atoms. The fourth-order valence-electron chi connectivity index (χ4n) is 1.43. The zero-order valence-corrected chi connectivity index (χ0v) is 6.65. The van der Waals surface area contributed by atoms with Gasteiger partial charge in [0, 0.05) is 6.04 Å². The predicted octanol–water partition coefficient (Wildman–Crippen LogP) is 1.77. The number of hydrogen-bond acceptors (Lipinski definition) is 1. The molecule has 0 aromatic heterocycles. The highest BCUT2D eigenvalue weighted by atomic mass is 14.6. The van der Waals surface area contributed by atoms with Gasteiger partial charge in [0.2, 0.25) is 0 Å². The second-order valence-corrected chi connectivity index (χ2v) is 4.10. The molecule has 0 saturated heterocycles. The number of nitrogens with two attached hydrogens (primary N) is 1. The van der Waals surface area contributed by atoms with Gasteiger partial charge in [-0.3, -0.25) is 0 Å². The monoisotopic (exact) mass is 127 g/mol. The minimum absolute atomic E-state index is 0.400. The standard InChI is InChI=1S/C8H17N/c1-6(9)4-7-5-8(7,2)3/h6-7H,4-5,9H2,1-3H3/t6-,7?/m1/s1. The van der Waals surface area contributed by atoms with Crippen LogP contribution in [0.4, 0.5) is 0 Å². The van der Waals surface area contributed by atoms with Gasteiger partial charge in [-0.2, -0.15) is 0 Å². The third-order valence-electron chi connectivity index (χ3n) is 2.37. The molecule has 1 unspecified atom stereocenters. The molecule has 0 aromatic carbocycles. The summed E-state index contributed by atoms with van der Waals surface area (Å²) >= 11 is 0. The van der Waals surface area contributed by atoms with Crippen LogP contribution in [0, 0.1) is 11.3 Å². The van der Waals surface area contributed by atoms with E-state index >= 15 is 0 Å². The first kappa shape index (κ1) is 7.07. The topological polar surface area (TPSA) is 26.0 Å². The van der Waals surface area contributed by atoms with Gasteiger partial charge in [-0.05, 0) is 31.1 Å². The summed E-state index contributed by atoms with van der Waals surface area (Å²) in [5.41, 5.74) is 6.27. The first-order chi connectivity index (χ1) is 4.02.